The third-order valence-electron chi connectivity index (χ3n) is 4.99. The molecule has 2 fully saturated rings. The van der Waals surface area contributed by atoms with Gasteiger partial charge in [0.2, 0.25) is 0 Å². The van der Waals surface area contributed by atoms with Crippen LogP contribution in [0.5, 0.6) is 0 Å². The largest absolute Gasteiger partial charge is 0.378 e. The number of ether oxygens (including phenoxy) is 1. The van der Waals surface area contributed by atoms with E-state index >= 15 is 0 Å². The van der Waals surface area contributed by atoms with Gasteiger partial charge in [0.05, 0.1) is 6.10 Å². The second kappa shape index (κ2) is 6.11. The van der Waals surface area contributed by atoms with E-state index in [9.17, 15) is 0 Å². The van der Waals surface area contributed by atoms with Gasteiger partial charge in [0, 0.05) is 31.3 Å². The molecule has 0 spiro atoms. The molecule has 1 heterocycles. The molecule has 19 heavy (non-hydrogen) atoms. The summed E-state index contributed by atoms with van der Waals surface area (Å²) in [6, 6.07) is 0.579. The van der Waals surface area contributed by atoms with Crippen LogP contribution in [0, 0.1) is 11.8 Å². The molecule has 1 saturated heterocycles. The standard InChI is InChI=1S/C16H32N2O/c1-12(2)15-9-16(11-17,7-8-19-15)18(13(3)4)10-14-5-6-14/h12-15H,5-11,17H2,1-4H3. The lowest BCUT2D eigenvalue weighted by atomic mass is 9.80. The van der Waals surface area contributed by atoms with Gasteiger partial charge in [0.1, 0.15) is 0 Å². The molecule has 2 atom stereocenters. The minimum Gasteiger partial charge on any atom is -0.378 e. The summed E-state index contributed by atoms with van der Waals surface area (Å²) in [6.07, 6.45) is 5.39. The molecule has 1 saturated carbocycles. The summed E-state index contributed by atoms with van der Waals surface area (Å²) in [5.41, 5.74) is 6.41. The third kappa shape index (κ3) is 3.50. The molecule has 1 aliphatic heterocycles. The van der Waals surface area contributed by atoms with Crippen molar-refractivity contribution in [1.29, 1.82) is 0 Å². The number of rotatable bonds is 6. The van der Waals surface area contributed by atoms with Crippen LogP contribution in [-0.4, -0.2) is 42.3 Å². The van der Waals surface area contributed by atoms with E-state index in [4.69, 9.17) is 10.5 Å². The Kier molecular flexibility index (Phi) is 4.91. The Hall–Kier alpha value is -0.120. The Labute approximate surface area is 118 Å². The molecule has 3 nitrogen and oxygen atoms in total. The maximum Gasteiger partial charge on any atom is 0.0616 e. The van der Waals surface area contributed by atoms with E-state index in [0.29, 0.717) is 18.1 Å². The minimum atomic E-state index is 0.171. The van der Waals surface area contributed by atoms with Gasteiger partial charge < -0.3 is 10.5 Å². The molecular weight excluding hydrogens is 236 g/mol. The van der Waals surface area contributed by atoms with E-state index in [1.54, 1.807) is 0 Å². The van der Waals surface area contributed by atoms with Crippen molar-refractivity contribution in [2.24, 2.45) is 17.6 Å². The lowest BCUT2D eigenvalue weighted by molar-refractivity contribution is -0.0963. The van der Waals surface area contributed by atoms with Gasteiger partial charge in [-0.2, -0.15) is 0 Å². The summed E-state index contributed by atoms with van der Waals surface area (Å²) >= 11 is 0. The fourth-order valence-electron chi connectivity index (χ4n) is 3.46. The summed E-state index contributed by atoms with van der Waals surface area (Å²) in [6.45, 7) is 12.0. The van der Waals surface area contributed by atoms with Gasteiger partial charge in [-0.25, -0.2) is 0 Å². The van der Waals surface area contributed by atoms with Crippen LogP contribution >= 0.6 is 0 Å². The Morgan fingerprint density at radius 3 is 2.42 bits per heavy atom. The molecule has 2 aliphatic rings. The van der Waals surface area contributed by atoms with Crippen molar-refractivity contribution in [2.75, 3.05) is 19.7 Å². The summed E-state index contributed by atoms with van der Waals surface area (Å²) in [5.74, 6) is 1.51. The highest BCUT2D eigenvalue weighted by molar-refractivity contribution is 4.99. The zero-order chi connectivity index (χ0) is 14.0. The molecule has 0 radical (unpaired) electrons. The number of nitrogens with two attached hydrogens (primary N) is 1. The van der Waals surface area contributed by atoms with Crippen LogP contribution in [0.25, 0.3) is 0 Å². The highest BCUT2D eigenvalue weighted by Crippen LogP contribution is 2.38. The van der Waals surface area contributed by atoms with E-state index in [1.807, 2.05) is 0 Å². The summed E-state index contributed by atoms with van der Waals surface area (Å²) in [5, 5.41) is 0. The van der Waals surface area contributed by atoms with E-state index in [0.717, 1.165) is 31.9 Å². The molecule has 0 bridgehead atoms. The predicted molar refractivity (Wildman–Crippen MR) is 80.2 cm³/mol. The van der Waals surface area contributed by atoms with Crippen LogP contribution in [0.3, 0.4) is 0 Å². The first kappa shape index (κ1) is 15.3. The van der Waals surface area contributed by atoms with Gasteiger partial charge >= 0.3 is 0 Å². The van der Waals surface area contributed by atoms with Gasteiger partial charge in [-0.3, -0.25) is 4.90 Å². The number of hydrogen-bond donors (Lipinski definition) is 1. The lowest BCUT2D eigenvalue weighted by Gasteiger charge is -2.51. The molecule has 0 aromatic heterocycles. The zero-order valence-electron chi connectivity index (χ0n) is 13.2. The van der Waals surface area contributed by atoms with Crippen molar-refractivity contribution in [3.63, 3.8) is 0 Å². The third-order valence-corrected chi connectivity index (χ3v) is 4.99. The summed E-state index contributed by atoms with van der Waals surface area (Å²) in [7, 11) is 0. The highest BCUT2D eigenvalue weighted by atomic mass is 16.5. The molecule has 2 N–H and O–H groups in total. The first-order valence-electron chi connectivity index (χ1n) is 8.07. The fourth-order valence-corrected chi connectivity index (χ4v) is 3.46. The van der Waals surface area contributed by atoms with Crippen LogP contribution in [0.1, 0.15) is 53.4 Å². The van der Waals surface area contributed by atoms with Gasteiger partial charge in [0.15, 0.2) is 0 Å². The maximum atomic E-state index is 6.24. The molecule has 0 aromatic carbocycles. The van der Waals surface area contributed by atoms with E-state index in [-0.39, 0.29) is 5.54 Å². The molecule has 2 unspecified atom stereocenters. The Morgan fingerprint density at radius 2 is 1.95 bits per heavy atom. The number of hydrogen-bond acceptors (Lipinski definition) is 3. The topological polar surface area (TPSA) is 38.5 Å². The van der Waals surface area contributed by atoms with Crippen LogP contribution in [-0.2, 0) is 4.74 Å². The Bertz CT molecular complexity index is 288. The van der Waals surface area contributed by atoms with Crippen molar-refractivity contribution in [2.45, 2.75) is 71.1 Å². The normalized spacial score (nSPS) is 32.5. The van der Waals surface area contributed by atoms with Crippen molar-refractivity contribution < 1.29 is 4.74 Å². The van der Waals surface area contributed by atoms with Crippen LogP contribution < -0.4 is 5.73 Å². The minimum absolute atomic E-state index is 0.171. The van der Waals surface area contributed by atoms with Crippen LogP contribution in [0.4, 0.5) is 0 Å². The SMILES string of the molecule is CC(C)C1CC(CN)(N(CC2CC2)C(C)C)CCO1. The first-order valence-corrected chi connectivity index (χ1v) is 8.07. The average Bonchev–Trinajstić information content (AvgIpc) is 3.19. The highest BCUT2D eigenvalue weighted by Gasteiger charge is 2.44. The van der Waals surface area contributed by atoms with Crippen LogP contribution in [0.2, 0.25) is 0 Å². The first-order chi connectivity index (χ1) is 8.98. The van der Waals surface area contributed by atoms with Crippen molar-refractivity contribution >= 4 is 0 Å². The zero-order valence-corrected chi connectivity index (χ0v) is 13.2. The monoisotopic (exact) mass is 268 g/mol. The van der Waals surface area contributed by atoms with Crippen molar-refractivity contribution in [1.82, 2.24) is 4.90 Å². The quantitative estimate of drug-likeness (QED) is 0.805. The van der Waals surface area contributed by atoms with E-state index in [2.05, 4.69) is 32.6 Å². The Balaban J connectivity index is 2.12. The van der Waals surface area contributed by atoms with Gasteiger partial charge in [-0.1, -0.05) is 13.8 Å². The molecule has 3 heteroatoms. The molecular formula is C16H32N2O. The molecule has 0 aromatic rings. The average molecular weight is 268 g/mol. The van der Waals surface area contributed by atoms with Gasteiger partial charge in [0.25, 0.3) is 0 Å². The maximum absolute atomic E-state index is 6.24. The van der Waals surface area contributed by atoms with E-state index < -0.39 is 0 Å². The smallest absolute Gasteiger partial charge is 0.0616 e. The molecule has 1 aliphatic carbocycles. The van der Waals surface area contributed by atoms with Gasteiger partial charge in [-0.05, 0) is 51.4 Å². The Morgan fingerprint density at radius 1 is 1.26 bits per heavy atom. The number of nitrogens with zero attached hydrogens (tertiary/aromatic N) is 1. The molecule has 112 valence electrons. The lowest BCUT2D eigenvalue weighted by Crippen LogP contribution is -2.61. The van der Waals surface area contributed by atoms with Crippen molar-refractivity contribution in [3.05, 3.63) is 0 Å². The summed E-state index contributed by atoms with van der Waals surface area (Å²) < 4.78 is 5.96. The van der Waals surface area contributed by atoms with Crippen LogP contribution in [0.15, 0.2) is 0 Å². The van der Waals surface area contributed by atoms with E-state index in [1.165, 1.54) is 19.4 Å². The predicted octanol–water partition coefficient (Wildman–Crippen LogP) is 2.64. The van der Waals surface area contributed by atoms with Gasteiger partial charge in [-0.15, -0.1) is 0 Å². The fraction of sp³-hybridized carbons (Fsp3) is 1.00. The molecule has 2 rings (SSSR count). The molecule has 0 amide bonds. The second-order valence-corrected chi connectivity index (χ2v) is 7.23. The second-order valence-electron chi connectivity index (χ2n) is 7.23. The summed E-state index contributed by atoms with van der Waals surface area (Å²) in [4.78, 5) is 2.70. The van der Waals surface area contributed by atoms with Crippen molar-refractivity contribution in [3.8, 4) is 0 Å².